The number of nitrogens with one attached hydrogen (secondary N) is 2. The molecular formula is C19H18F2N4O3S. The number of benzene rings is 2. The molecule has 0 saturated heterocycles. The molecule has 0 spiro atoms. The molecule has 152 valence electrons. The number of imidazole rings is 1. The predicted octanol–water partition coefficient (Wildman–Crippen LogP) is 3.55. The number of nitrogens with zero attached hydrogens (tertiary/aromatic N) is 2. The van der Waals surface area contributed by atoms with Crippen molar-refractivity contribution in [3.05, 3.63) is 66.7 Å². The van der Waals surface area contributed by atoms with E-state index in [2.05, 4.69) is 15.6 Å². The summed E-state index contributed by atoms with van der Waals surface area (Å²) in [5.74, 6) is -4.07. The minimum atomic E-state index is -4.79. The number of hydrogen-bond donors (Lipinski definition) is 2. The van der Waals surface area contributed by atoms with Crippen molar-refractivity contribution < 1.29 is 22.0 Å². The zero-order valence-electron chi connectivity index (χ0n) is 15.3. The van der Waals surface area contributed by atoms with Gasteiger partial charge in [-0.2, -0.15) is 8.78 Å². The minimum Gasteiger partial charge on any atom is -0.384 e. The number of amides is 1. The van der Waals surface area contributed by atoms with Crippen LogP contribution in [-0.4, -0.2) is 36.2 Å². The summed E-state index contributed by atoms with van der Waals surface area (Å²) in [7, 11) is -4.79. The fraction of sp³-hybridized carbons (Fsp3) is 0.158. The maximum Gasteiger partial charge on any atom is 0.341 e. The molecule has 0 saturated carbocycles. The van der Waals surface area contributed by atoms with Crippen LogP contribution in [0.25, 0.3) is 5.69 Å². The van der Waals surface area contributed by atoms with Crippen LogP contribution in [0.4, 0.5) is 20.2 Å². The van der Waals surface area contributed by atoms with E-state index in [9.17, 15) is 22.0 Å². The van der Waals surface area contributed by atoms with E-state index in [0.717, 1.165) is 12.1 Å². The van der Waals surface area contributed by atoms with Crippen LogP contribution < -0.4 is 10.6 Å². The number of hydrogen-bond acceptors (Lipinski definition) is 5. The summed E-state index contributed by atoms with van der Waals surface area (Å²) in [5, 5.41) is 5.57. The molecule has 3 aromatic rings. The monoisotopic (exact) mass is 420 g/mol. The number of alkyl halides is 2. The summed E-state index contributed by atoms with van der Waals surface area (Å²) in [6, 6.07) is 10.1. The van der Waals surface area contributed by atoms with Crippen LogP contribution in [0.1, 0.15) is 17.3 Å². The van der Waals surface area contributed by atoms with Gasteiger partial charge in [0.25, 0.3) is 5.91 Å². The van der Waals surface area contributed by atoms with Crippen molar-refractivity contribution in [1.29, 1.82) is 0 Å². The van der Waals surface area contributed by atoms with Crippen LogP contribution in [-0.2, 0) is 9.84 Å². The van der Waals surface area contributed by atoms with Crippen LogP contribution in [0.15, 0.2) is 66.1 Å². The number of sulfone groups is 1. The number of anilines is 2. The Balaban J connectivity index is 1.94. The first-order valence-corrected chi connectivity index (χ1v) is 10.2. The first kappa shape index (κ1) is 20.5. The molecule has 0 aliphatic rings. The molecule has 10 heteroatoms. The Labute approximate surface area is 166 Å². The zero-order valence-corrected chi connectivity index (χ0v) is 16.2. The average Bonchev–Trinajstić information content (AvgIpc) is 3.24. The molecule has 1 aromatic heterocycles. The van der Waals surface area contributed by atoms with Crippen molar-refractivity contribution in [3.63, 3.8) is 0 Å². The number of aromatic nitrogens is 2. The SMILES string of the molecule is CCNc1ccc(S(=O)(=O)C(F)F)cc1NC(=O)c1cccc(-n2ccnc2)c1. The van der Waals surface area contributed by atoms with E-state index in [1.807, 2.05) is 6.92 Å². The maximum atomic E-state index is 12.9. The Bertz CT molecular complexity index is 1120. The minimum absolute atomic E-state index is 0.0895. The Morgan fingerprint density at radius 1 is 1.17 bits per heavy atom. The first-order chi connectivity index (χ1) is 13.8. The highest BCUT2D eigenvalue weighted by molar-refractivity contribution is 7.91. The van der Waals surface area contributed by atoms with E-state index in [-0.39, 0.29) is 5.69 Å². The molecule has 0 bridgehead atoms. The number of halogens is 2. The third-order valence-electron chi connectivity index (χ3n) is 4.08. The molecule has 0 aliphatic carbocycles. The molecular weight excluding hydrogens is 402 g/mol. The Hall–Kier alpha value is -3.27. The second-order valence-electron chi connectivity index (χ2n) is 6.02. The van der Waals surface area contributed by atoms with Crippen molar-refractivity contribution in [2.45, 2.75) is 17.6 Å². The third-order valence-corrected chi connectivity index (χ3v) is 5.46. The van der Waals surface area contributed by atoms with Crippen molar-refractivity contribution in [2.24, 2.45) is 0 Å². The van der Waals surface area contributed by atoms with Crippen LogP contribution >= 0.6 is 0 Å². The van der Waals surface area contributed by atoms with Gasteiger partial charge in [0.05, 0.1) is 22.6 Å². The van der Waals surface area contributed by atoms with Gasteiger partial charge in [0.1, 0.15) is 0 Å². The van der Waals surface area contributed by atoms with Gasteiger partial charge >= 0.3 is 5.76 Å². The van der Waals surface area contributed by atoms with Gasteiger partial charge in [-0.3, -0.25) is 4.79 Å². The summed E-state index contributed by atoms with van der Waals surface area (Å²) in [4.78, 5) is 16.1. The summed E-state index contributed by atoms with van der Waals surface area (Å²) in [6.07, 6.45) is 4.91. The molecule has 0 aliphatic heterocycles. The highest BCUT2D eigenvalue weighted by Crippen LogP contribution is 2.28. The van der Waals surface area contributed by atoms with E-state index in [1.165, 1.54) is 6.07 Å². The van der Waals surface area contributed by atoms with Crippen LogP contribution in [0, 0.1) is 0 Å². The highest BCUT2D eigenvalue weighted by atomic mass is 32.2. The van der Waals surface area contributed by atoms with Gasteiger partial charge in [-0.05, 0) is 43.3 Å². The Kier molecular flexibility index (Phi) is 5.92. The molecule has 0 fully saturated rings. The van der Waals surface area contributed by atoms with Gasteiger partial charge in [0.15, 0.2) is 0 Å². The van der Waals surface area contributed by atoms with Crippen molar-refractivity contribution in [1.82, 2.24) is 9.55 Å². The van der Waals surface area contributed by atoms with Gasteiger partial charge in [-0.1, -0.05) is 6.07 Å². The smallest absolute Gasteiger partial charge is 0.341 e. The van der Waals surface area contributed by atoms with Crippen LogP contribution in [0.5, 0.6) is 0 Å². The molecule has 0 atom stereocenters. The molecule has 7 nitrogen and oxygen atoms in total. The zero-order chi connectivity index (χ0) is 21.0. The average molecular weight is 420 g/mol. The lowest BCUT2D eigenvalue weighted by molar-refractivity contribution is 0.102. The second-order valence-corrected chi connectivity index (χ2v) is 7.94. The molecule has 1 amide bonds. The molecule has 2 N–H and O–H groups in total. The van der Waals surface area contributed by atoms with Crippen molar-refractivity contribution in [3.8, 4) is 5.69 Å². The van der Waals surface area contributed by atoms with Gasteiger partial charge in [0.2, 0.25) is 9.84 Å². The maximum absolute atomic E-state index is 12.9. The van der Waals surface area contributed by atoms with E-state index >= 15 is 0 Å². The number of carbonyl (C=O) groups excluding carboxylic acids is 1. The van der Waals surface area contributed by atoms with Gasteiger partial charge in [-0.25, -0.2) is 13.4 Å². The standard InChI is InChI=1S/C19H18F2N4O3S/c1-2-23-16-7-6-15(29(27,28)19(20)21)11-17(16)24-18(26)13-4-3-5-14(10-13)25-9-8-22-12-25/h3-12,19,23H,2H2,1H3,(H,24,26). The summed E-state index contributed by atoms with van der Waals surface area (Å²) < 4.78 is 51.1. The predicted molar refractivity (Wildman–Crippen MR) is 105 cm³/mol. The molecule has 1 heterocycles. The van der Waals surface area contributed by atoms with Gasteiger partial charge in [0, 0.05) is 30.2 Å². The lowest BCUT2D eigenvalue weighted by atomic mass is 10.1. The fourth-order valence-electron chi connectivity index (χ4n) is 2.67. The molecule has 0 unspecified atom stereocenters. The van der Waals surface area contributed by atoms with Crippen LogP contribution in [0.3, 0.4) is 0 Å². The largest absolute Gasteiger partial charge is 0.384 e. The van der Waals surface area contributed by atoms with E-state index in [4.69, 9.17) is 0 Å². The van der Waals surface area contributed by atoms with Crippen LogP contribution in [0.2, 0.25) is 0 Å². The summed E-state index contributed by atoms with van der Waals surface area (Å²) in [5.41, 5.74) is 1.52. The van der Waals surface area contributed by atoms with Crippen molar-refractivity contribution in [2.75, 3.05) is 17.2 Å². The van der Waals surface area contributed by atoms with E-state index < -0.39 is 26.4 Å². The number of rotatable bonds is 7. The summed E-state index contributed by atoms with van der Waals surface area (Å²) >= 11 is 0. The molecule has 29 heavy (non-hydrogen) atoms. The molecule has 2 aromatic carbocycles. The van der Waals surface area contributed by atoms with Gasteiger partial charge in [-0.15, -0.1) is 0 Å². The quantitative estimate of drug-likeness (QED) is 0.610. The second kappa shape index (κ2) is 8.39. The fourth-order valence-corrected chi connectivity index (χ4v) is 3.41. The third kappa shape index (κ3) is 4.43. The van der Waals surface area contributed by atoms with Gasteiger partial charge < -0.3 is 15.2 Å². The topological polar surface area (TPSA) is 93.1 Å². The lowest BCUT2D eigenvalue weighted by Gasteiger charge is -2.14. The Morgan fingerprint density at radius 2 is 1.97 bits per heavy atom. The van der Waals surface area contributed by atoms with Crippen molar-refractivity contribution >= 4 is 27.1 Å². The molecule has 0 radical (unpaired) electrons. The number of carbonyl (C=O) groups is 1. The highest BCUT2D eigenvalue weighted by Gasteiger charge is 2.27. The Morgan fingerprint density at radius 3 is 2.62 bits per heavy atom. The van der Waals surface area contributed by atoms with E-state index in [0.29, 0.717) is 23.5 Å². The first-order valence-electron chi connectivity index (χ1n) is 8.62. The molecule has 3 rings (SSSR count). The lowest BCUT2D eigenvalue weighted by Crippen LogP contribution is -2.16. The normalized spacial score (nSPS) is 11.4. The van der Waals surface area contributed by atoms with E-state index in [1.54, 1.807) is 47.6 Å². The summed E-state index contributed by atoms with van der Waals surface area (Å²) in [6.45, 7) is 2.30.